The normalized spacial score (nSPS) is 18.5. The molecule has 0 saturated carbocycles. The van der Waals surface area contributed by atoms with E-state index in [-0.39, 0.29) is 0 Å². The average molecular weight is 215 g/mol. The van der Waals surface area contributed by atoms with Crippen molar-refractivity contribution in [2.75, 3.05) is 0 Å². The number of carbonyl (C=O) groups excluding carboxylic acids is 1. The highest BCUT2D eigenvalue weighted by Crippen LogP contribution is 2.22. The summed E-state index contributed by atoms with van der Waals surface area (Å²) in [6.07, 6.45) is -8.09. The number of esters is 1. The van der Waals surface area contributed by atoms with Crippen molar-refractivity contribution in [3.8, 4) is 0 Å². The summed E-state index contributed by atoms with van der Waals surface area (Å²) in [4.78, 5) is 10.8. The van der Waals surface area contributed by atoms with Gasteiger partial charge in [-0.2, -0.15) is 13.2 Å². The Bertz CT molecular complexity index is 205. The minimum absolute atomic E-state index is 0.687. The van der Waals surface area contributed by atoms with Gasteiger partial charge in [0.25, 0.3) is 0 Å². The molecular weight excluding hydrogens is 203 g/mol. The first-order valence-electron chi connectivity index (χ1n) is 3.87. The molecule has 3 N–H and O–H groups in total. The van der Waals surface area contributed by atoms with E-state index in [9.17, 15) is 18.0 Å². The lowest BCUT2D eigenvalue weighted by Gasteiger charge is -2.19. The van der Waals surface area contributed by atoms with Crippen LogP contribution in [-0.2, 0) is 9.53 Å². The Labute approximate surface area is 78.8 Å². The summed E-state index contributed by atoms with van der Waals surface area (Å²) in [6.45, 7) is 1.87. The second-order valence-electron chi connectivity index (χ2n) is 2.89. The molecule has 0 aliphatic carbocycles. The number of alkyl halides is 3. The van der Waals surface area contributed by atoms with E-state index in [0.29, 0.717) is 6.92 Å². The summed E-state index contributed by atoms with van der Waals surface area (Å²) < 4.78 is 39.7. The van der Waals surface area contributed by atoms with Crippen LogP contribution in [0.2, 0.25) is 0 Å². The first-order chi connectivity index (χ1) is 6.16. The molecule has 84 valence electrons. The van der Waals surface area contributed by atoms with Gasteiger partial charge in [-0.3, -0.25) is 4.79 Å². The molecule has 0 spiro atoms. The lowest BCUT2D eigenvalue weighted by atomic mass is 10.2. The van der Waals surface area contributed by atoms with Gasteiger partial charge in [0, 0.05) is 0 Å². The van der Waals surface area contributed by atoms with Crippen LogP contribution in [-0.4, -0.2) is 35.5 Å². The third kappa shape index (κ3) is 3.93. The van der Waals surface area contributed by atoms with Gasteiger partial charge in [-0.1, -0.05) is 0 Å². The highest BCUT2D eigenvalue weighted by molar-refractivity contribution is 5.76. The molecular formula is C7H12F3NO3. The highest BCUT2D eigenvalue weighted by atomic mass is 19.4. The van der Waals surface area contributed by atoms with Gasteiger partial charge < -0.3 is 15.6 Å². The third-order valence-electron chi connectivity index (χ3n) is 1.55. The molecule has 0 rings (SSSR count). The van der Waals surface area contributed by atoms with Gasteiger partial charge >= 0.3 is 12.1 Å². The number of halogens is 3. The summed E-state index contributed by atoms with van der Waals surface area (Å²) in [5, 5.41) is 8.80. The number of ether oxygens (including phenoxy) is 1. The Morgan fingerprint density at radius 1 is 1.43 bits per heavy atom. The molecule has 0 aromatic rings. The number of rotatable bonds is 3. The molecule has 0 amide bonds. The van der Waals surface area contributed by atoms with Crippen LogP contribution in [0.15, 0.2) is 0 Å². The average Bonchev–Trinajstić information content (AvgIpc) is 2.00. The molecule has 0 aliphatic heterocycles. The molecule has 3 atom stereocenters. The number of hydrogen-bond acceptors (Lipinski definition) is 4. The van der Waals surface area contributed by atoms with E-state index < -0.39 is 30.4 Å². The Morgan fingerprint density at radius 2 is 1.86 bits per heavy atom. The largest absolute Gasteiger partial charge is 0.452 e. The van der Waals surface area contributed by atoms with Gasteiger partial charge in [0.05, 0.1) is 6.10 Å². The van der Waals surface area contributed by atoms with Crippen molar-refractivity contribution in [3.63, 3.8) is 0 Å². The minimum atomic E-state index is -4.62. The molecule has 0 heterocycles. The zero-order valence-electron chi connectivity index (χ0n) is 7.71. The van der Waals surface area contributed by atoms with Gasteiger partial charge in [-0.15, -0.1) is 0 Å². The van der Waals surface area contributed by atoms with Crippen LogP contribution in [0, 0.1) is 0 Å². The molecule has 0 aromatic heterocycles. The van der Waals surface area contributed by atoms with Crippen LogP contribution in [0.1, 0.15) is 13.8 Å². The zero-order valence-corrected chi connectivity index (χ0v) is 7.71. The molecule has 0 fully saturated rings. The van der Waals surface area contributed by atoms with Crippen molar-refractivity contribution in [1.29, 1.82) is 0 Å². The fraction of sp³-hybridized carbons (Fsp3) is 0.857. The maximum absolute atomic E-state index is 11.9. The fourth-order valence-corrected chi connectivity index (χ4v) is 0.517. The maximum Gasteiger partial charge on any atom is 0.425 e. The van der Waals surface area contributed by atoms with E-state index in [2.05, 4.69) is 4.74 Å². The Hall–Kier alpha value is -0.820. The second kappa shape index (κ2) is 4.61. The van der Waals surface area contributed by atoms with E-state index in [1.807, 2.05) is 0 Å². The van der Waals surface area contributed by atoms with Crippen LogP contribution in [0.4, 0.5) is 13.2 Å². The van der Waals surface area contributed by atoms with Crippen molar-refractivity contribution < 1.29 is 27.8 Å². The first-order valence-corrected chi connectivity index (χ1v) is 3.87. The van der Waals surface area contributed by atoms with E-state index in [0.717, 1.165) is 0 Å². The predicted octanol–water partition coefficient (Wildman–Crippen LogP) is 0.188. The van der Waals surface area contributed by atoms with Crippen molar-refractivity contribution in [2.45, 2.75) is 38.3 Å². The van der Waals surface area contributed by atoms with Gasteiger partial charge in [0.15, 0.2) is 6.10 Å². The predicted molar refractivity (Wildman–Crippen MR) is 41.3 cm³/mol. The quantitative estimate of drug-likeness (QED) is 0.659. The Balaban J connectivity index is 4.20. The van der Waals surface area contributed by atoms with E-state index in [1.165, 1.54) is 6.92 Å². The van der Waals surface area contributed by atoms with Crippen molar-refractivity contribution >= 4 is 5.97 Å². The van der Waals surface area contributed by atoms with Crippen LogP contribution >= 0.6 is 0 Å². The second-order valence-corrected chi connectivity index (χ2v) is 2.89. The van der Waals surface area contributed by atoms with Crippen LogP contribution < -0.4 is 5.73 Å². The molecule has 0 aliphatic rings. The van der Waals surface area contributed by atoms with Crippen molar-refractivity contribution in [1.82, 2.24) is 0 Å². The fourth-order valence-electron chi connectivity index (χ4n) is 0.517. The first kappa shape index (κ1) is 13.2. The Morgan fingerprint density at radius 3 is 2.14 bits per heavy atom. The summed E-state index contributed by atoms with van der Waals surface area (Å²) in [6, 6.07) is -1.46. The summed E-state index contributed by atoms with van der Waals surface area (Å²) >= 11 is 0. The van der Waals surface area contributed by atoms with Crippen molar-refractivity contribution in [3.05, 3.63) is 0 Å². The summed E-state index contributed by atoms with van der Waals surface area (Å²) in [5.41, 5.74) is 5.06. The standard InChI is InChI=1S/C7H12F3NO3/c1-3(12)5(11)6(13)14-4(2)7(8,9)10/h3-5,12H,11H2,1-2H3/t3-,4+,5+/m1/s1. The van der Waals surface area contributed by atoms with Crippen LogP contribution in [0.3, 0.4) is 0 Å². The molecule has 0 radical (unpaired) electrons. The summed E-state index contributed by atoms with van der Waals surface area (Å²) in [5.74, 6) is -1.27. The number of nitrogens with two attached hydrogens (primary N) is 1. The van der Waals surface area contributed by atoms with Gasteiger partial charge in [0.1, 0.15) is 6.04 Å². The smallest absolute Gasteiger partial charge is 0.425 e. The lowest BCUT2D eigenvalue weighted by Crippen LogP contribution is -2.44. The van der Waals surface area contributed by atoms with E-state index in [1.54, 1.807) is 0 Å². The molecule has 0 aromatic carbocycles. The molecule has 7 heteroatoms. The van der Waals surface area contributed by atoms with E-state index >= 15 is 0 Å². The van der Waals surface area contributed by atoms with E-state index in [4.69, 9.17) is 10.8 Å². The molecule has 0 bridgehead atoms. The van der Waals surface area contributed by atoms with Gasteiger partial charge in [-0.25, -0.2) is 0 Å². The van der Waals surface area contributed by atoms with Gasteiger partial charge in [-0.05, 0) is 13.8 Å². The topological polar surface area (TPSA) is 72.5 Å². The Kier molecular flexibility index (Phi) is 4.34. The van der Waals surface area contributed by atoms with Crippen LogP contribution in [0.25, 0.3) is 0 Å². The SMILES string of the molecule is C[C@H](OC(=O)[C@@H](N)[C@@H](C)O)C(F)(F)F. The number of hydrogen-bond donors (Lipinski definition) is 2. The number of aliphatic hydroxyl groups is 1. The lowest BCUT2D eigenvalue weighted by molar-refractivity contribution is -0.217. The molecule has 4 nitrogen and oxygen atoms in total. The van der Waals surface area contributed by atoms with Gasteiger partial charge in [0.2, 0.25) is 0 Å². The highest BCUT2D eigenvalue weighted by Gasteiger charge is 2.40. The number of carbonyl (C=O) groups is 1. The molecule has 0 unspecified atom stereocenters. The zero-order chi connectivity index (χ0) is 11.5. The third-order valence-corrected chi connectivity index (χ3v) is 1.55. The monoisotopic (exact) mass is 215 g/mol. The van der Waals surface area contributed by atoms with Crippen LogP contribution in [0.5, 0.6) is 0 Å². The number of aliphatic hydroxyl groups excluding tert-OH is 1. The molecule has 0 saturated heterocycles. The maximum atomic E-state index is 11.9. The summed E-state index contributed by atoms with van der Waals surface area (Å²) in [7, 11) is 0. The minimum Gasteiger partial charge on any atom is -0.452 e. The van der Waals surface area contributed by atoms with Crippen molar-refractivity contribution in [2.24, 2.45) is 5.73 Å². The molecule has 14 heavy (non-hydrogen) atoms.